The fourth-order valence-corrected chi connectivity index (χ4v) is 5.21. The van der Waals surface area contributed by atoms with E-state index < -0.39 is 17.7 Å². The molecule has 5 rings (SSSR count). The van der Waals surface area contributed by atoms with E-state index in [9.17, 15) is 14.4 Å². The Kier molecular flexibility index (Phi) is 4.37. The molecular formula is C22H21N5O5. The van der Waals surface area contributed by atoms with E-state index in [-0.39, 0.29) is 47.1 Å². The van der Waals surface area contributed by atoms with Gasteiger partial charge in [0.25, 0.3) is 0 Å². The van der Waals surface area contributed by atoms with Crippen LogP contribution in [-0.4, -0.2) is 60.6 Å². The van der Waals surface area contributed by atoms with Crippen molar-refractivity contribution in [3.05, 3.63) is 52.4 Å². The molecule has 4 N–H and O–H groups in total. The molecule has 3 heterocycles. The highest BCUT2D eigenvalue weighted by Gasteiger charge is 2.72. The number of amides is 1. The first-order valence-electron chi connectivity index (χ1n) is 10.2. The second kappa shape index (κ2) is 6.91. The van der Waals surface area contributed by atoms with Gasteiger partial charge < -0.3 is 30.7 Å². The zero-order valence-corrected chi connectivity index (χ0v) is 17.5. The van der Waals surface area contributed by atoms with Gasteiger partial charge in [-0.05, 0) is 31.2 Å². The van der Waals surface area contributed by atoms with Crippen molar-refractivity contribution in [2.75, 3.05) is 25.6 Å². The van der Waals surface area contributed by atoms with Crippen LogP contribution in [0.3, 0.4) is 0 Å². The lowest BCUT2D eigenvalue weighted by atomic mass is 9.82. The second-order valence-electron chi connectivity index (χ2n) is 8.23. The number of nitrogens with zero attached hydrogens (tertiary/aromatic N) is 2. The molecule has 1 amide bonds. The van der Waals surface area contributed by atoms with Gasteiger partial charge in [0.2, 0.25) is 11.6 Å². The van der Waals surface area contributed by atoms with Crippen LogP contribution in [0, 0.1) is 17.2 Å². The van der Waals surface area contributed by atoms with E-state index in [0.29, 0.717) is 23.5 Å². The third-order valence-electron chi connectivity index (χ3n) is 6.71. The molecule has 164 valence electrons. The van der Waals surface area contributed by atoms with Crippen LogP contribution in [0.1, 0.15) is 12.5 Å². The van der Waals surface area contributed by atoms with Gasteiger partial charge >= 0.3 is 6.09 Å². The van der Waals surface area contributed by atoms with Crippen molar-refractivity contribution in [1.82, 2.24) is 10.2 Å². The van der Waals surface area contributed by atoms with Crippen molar-refractivity contribution in [3.63, 3.8) is 0 Å². The number of hydrogen-bond acceptors (Lipinski definition) is 9. The minimum atomic E-state index is -1.01. The minimum absolute atomic E-state index is 0.101. The fourth-order valence-electron chi connectivity index (χ4n) is 5.21. The smallest absolute Gasteiger partial charge is 0.404 e. The first-order valence-corrected chi connectivity index (χ1v) is 10.2. The van der Waals surface area contributed by atoms with Gasteiger partial charge in [-0.3, -0.25) is 9.59 Å². The molecule has 10 heteroatoms. The number of ether oxygens (including phenoxy) is 2. The van der Waals surface area contributed by atoms with Crippen LogP contribution in [0.5, 0.6) is 0 Å². The van der Waals surface area contributed by atoms with Crippen LogP contribution in [0.4, 0.5) is 10.5 Å². The summed E-state index contributed by atoms with van der Waals surface area (Å²) in [7, 11) is 1.52. The highest BCUT2D eigenvalue weighted by atomic mass is 16.6. The van der Waals surface area contributed by atoms with Gasteiger partial charge in [0, 0.05) is 36.5 Å². The van der Waals surface area contributed by atoms with E-state index in [1.165, 1.54) is 7.11 Å². The molecule has 1 unspecified atom stereocenters. The van der Waals surface area contributed by atoms with Gasteiger partial charge in [0.05, 0.1) is 35.0 Å². The highest BCUT2D eigenvalue weighted by molar-refractivity contribution is 6.26. The third kappa shape index (κ3) is 2.62. The maximum atomic E-state index is 13.7. The number of nitrogens with one attached hydrogen (secondary N) is 2. The van der Waals surface area contributed by atoms with Gasteiger partial charge in [-0.2, -0.15) is 5.26 Å². The number of nitriles is 1. The first-order chi connectivity index (χ1) is 15.3. The van der Waals surface area contributed by atoms with Crippen molar-refractivity contribution in [2.45, 2.75) is 24.7 Å². The number of nitrogens with two attached hydrogens (primary N) is 1. The van der Waals surface area contributed by atoms with Gasteiger partial charge in [-0.25, -0.2) is 4.79 Å². The molecule has 3 aliphatic heterocycles. The summed E-state index contributed by atoms with van der Waals surface area (Å²) in [5.74, 6) is -1.33. The number of hydrogen-bond donors (Lipinski definition) is 3. The molecular weight excluding hydrogens is 414 g/mol. The van der Waals surface area contributed by atoms with Crippen LogP contribution in [0.15, 0.2) is 46.8 Å². The Labute approximate surface area is 183 Å². The monoisotopic (exact) mass is 435 g/mol. The van der Waals surface area contributed by atoms with Crippen LogP contribution < -0.4 is 16.4 Å². The number of carbonyl (C=O) groups is 3. The highest BCUT2D eigenvalue weighted by Crippen LogP contribution is 2.55. The summed E-state index contributed by atoms with van der Waals surface area (Å²) in [5, 5.41) is 15.3. The Hall–Kier alpha value is -3.68. The number of allylic oxidation sites excluding steroid dienone is 2. The molecule has 4 aliphatic rings. The Balaban J connectivity index is 1.55. The molecule has 0 radical (unpaired) electrons. The van der Waals surface area contributed by atoms with E-state index in [0.717, 1.165) is 0 Å². The van der Waals surface area contributed by atoms with Gasteiger partial charge in [0.15, 0.2) is 5.72 Å². The van der Waals surface area contributed by atoms with Crippen LogP contribution >= 0.6 is 0 Å². The van der Waals surface area contributed by atoms with Crippen molar-refractivity contribution in [3.8, 4) is 6.07 Å². The number of rotatable bonds is 5. The average molecular weight is 435 g/mol. The third-order valence-corrected chi connectivity index (χ3v) is 6.71. The number of primary amides is 1. The molecule has 1 aromatic rings. The molecule has 0 spiro atoms. The Morgan fingerprint density at radius 1 is 1.34 bits per heavy atom. The predicted octanol–water partition coefficient (Wildman–Crippen LogP) is 0.374. The molecule has 4 atom stereocenters. The zero-order valence-electron chi connectivity index (χ0n) is 17.5. The molecule has 0 bridgehead atoms. The summed E-state index contributed by atoms with van der Waals surface area (Å²) in [4.78, 5) is 40.4. The number of anilines is 1. The maximum absolute atomic E-state index is 13.7. The van der Waals surface area contributed by atoms with Gasteiger partial charge in [-0.1, -0.05) is 0 Å². The average Bonchev–Trinajstić information content (AvgIpc) is 3.40. The number of fused-ring (bicyclic) bond motifs is 4. The molecule has 1 aromatic carbocycles. The first kappa shape index (κ1) is 20.2. The number of carbonyl (C=O) groups excluding carboxylic acids is 3. The largest absolute Gasteiger partial charge is 0.449 e. The quantitative estimate of drug-likeness (QED) is 0.439. The lowest BCUT2D eigenvalue weighted by Gasteiger charge is -2.39. The fraction of sp³-hybridized carbons (Fsp3) is 0.364. The summed E-state index contributed by atoms with van der Waals surface area (Å²) in [6, 6.07) is 8.63. The van der Waals surface area contributed by atoms with E-state index >= 15 is 0 Å². The van der Waals surface area contributed by atoms with E-state index in [2.05, 4.69) is 10.6 Å². The lowest BCUT2D eigenvalue weighted by molar-refractivity contribution is -0.137. The van der Waals surface area contributed by atoms with Crippen LogP contribution in [-0.2, 0) is 19.1 Å². The molecule has 0 saturated carbocycles. The number of benzene rings is 1. The van der Waals surface area contributed by atoms with Gasteiger partial charge in [0.1, 0.15) is 6.61 Å². The zero-order chi connectivity index (χ0) is 22.8. The topological polar surface area (TPSA) is 157 Å². The summed E-state index contributed by atoms with van der Waals surface area (Å²) in [5.41, 5.74) is 6.22. The normalized spacial score (nSPS) is 30.0. The second-order valence-corrected chi connectivity index (χ2v) is 8.23. The standard InChI is InChI=1S/C22H21N5O5/c1-10-16(25-12-5-3-11(7-23)4-6-12)19(29)15-13(9-32-21(24)30)22(31-2)20-14(26-20)8-27(22)17(15)18(10)28/h3-6,13-14,20,25-26H,8-9H2,1-2H3,(H2,24,30)/t13-,14+,20+,22?/m0/s1. The van der Waals surface area contributed by atoms with Crippen LogP contribution in [0.2, 0.25) is 0 Å². The van der Waals surface area contributed by atoms with Crippen molar-refractivity contribution in [1.29, 1.82) is 5.26 Å². The lowest BCUT2D eigenvalue weighted by Crippen LogP contribution is -2.55. The molecule has 2 fully saturated rings. The summed E-state index contributed by atoms with van der Waals surface area (Å²) in [6.07, 6.45) is -0.965. The van der Waals surface area contributed by atoms with Crippen molar-refractivity contribution in [2.24, 2.45) is 11.7 Å². The molecule has 0 aromatic heterocycles. The molecule has 1 aliphatic carbocycles. The summed E-state index contributed by atoms with van der Waals surface area (Å²) >= 11 is 0. The van der Waals surface area contributed by atoms with Gasteiger partial charge in [-0.15, -0.1) is 0 Å². The van der Waals surface area contributed by atoms with Crippen molar-refractivity contribution < 1.29 is 23.9 Å². The number of methoxy groups -OCH3 is 1. The number of Topliss-reactive ketones (excluding diaryl/α,β-unsaturated/α-hetero) is 2. The van der Waals surface area contributed by atoms with Crippen LogP contribution in [0.25, 0.3) is 0 Å². The molecule has 32 heavy (non-hydrogen) atoms. The Morgan fingerprint density at radius 3 is 2.69 bits per heavy atom. The van der Waals surface area contributed by atoms with E-state index in [4.69, 9.17) is 20.5 Å². The predicted molar refractivity (Wildman–Crippen MR) is 111 cm³/mol. The maximum Gasteiger partial charge on any atom is 0.404 e. The Morgan fingerprint density at radius 2 is 2.06 bits per heavy atom. The number of ketones is 2. The number of piperazine rings is 1. The van der Waals surface area contributed by atoms with Crippen molar-refractivity contribution >= 4 is 23.3 Å². The SMILES string of the molecule is COC12[C@@H]3N[C@@H]3CN1C1=C(C(=O)C(Nc3ccc(C#N)cc3)=C(C)C1=O)[C@@H]2COC(N)=O. The summed E-state index contributed by atoms with van der Waals surface area (Å²) in [6.45, 7) is 1.92. The summed E-state index contributed by atoms with van der Waals surface area (Å²) < 4.78 is 11.0. The van der Waals surface area contributed by atoms with E-state index in [1.54, 1.807) is 31.2 Å². The molecule has 2 saturated heterocycles. The Bertz CT molecular complexity index is 1160. The molecule has 10 nitrogen and oxygen atoms in total. The minimum Gasteiger partial charge on any atom is -0.449 e. The van der Waals surface area contributed by atoms with E-state index in [1.807, 2.05) is 11.0 Å².